The summed E-state index contributed by atoms with van der Waals surface area (Å²) < 4.78 is 13.1. The Hall–Kier alpha value is -2.20. The van der Waals surface area contributed by atoms with Crippen LogP contribution in [0.1, 0.15) is 30.5 Å². The molecule has 0 saturated heterocycles. The SMILES string of the molecule is CC(=O)N1N=C(c2ccc(Cl)cc2)C[C@H]1c1ccc(F)cc1. The van der Waals surface area contributed by atoms with Crippen LogP contribution < -0.4 is 0 Å². The maximum atomic E-state index is 13.1. The summed E-state index contributed by atoms with van der Waals surface area (Å²) >= 11 is 5.90. The second kappa shape index (κ2) is 5.89. The van der Waals surface area contributed by atoms with Gasteiger partial charge >= 0.3 is 0 Å². The highest BCUT2D eigenvalue weighted by molar-refractivity contribution is 6.30. The molecule has 3 rings (SSSR count). The van der Waals surface area contributed by atoms with Crippen molar-refractivity contribution in [3.05, 3.63) is 70.5 Å². The number of rotatable bonds is 2. The zero-order valence-corrected chi connectivity index (χ0v) is 12.7. The largest absolute Gasteiger partial charge is 0.273 e. The standard InChI is InChI=1S/C17H14ClFN2O/c1-11(22)21-17(13-4-8-15(19)9-5-13)10-16(20-21)12-2-6-14(18)7-3-12/h2-9,17H,10H2,1H3/t17-/m0/s1. The minimum absolute atomic E-state index is 0.140. The first-order valence-electron chi connectivity index (χ1n) is 6.93. The zero-order valence-electron chi connectivity index (χ0n) is 12.0. The van der Waals surface area contributed by atoms with Gasteiger partial charge in [0, 0.05) is 18.4 Å². The summed E-state index contributed by atoms with van der Waals surface area (Å²) in [5.41, 5.74) is 2.62. The van der Waals surface area contributed by atoms with E-state index in [1.165, 1.54) is 24.1 Å². The molecule has 112 valence electrons. The molecule has 0 fully saturated rings. The highest BCUT2D eigenvalue weighted by atomic mass is 35.5. The van der Waals surface area contributed by atoms with Gasteiger partial charge in [0.05, 0.1) is 11.8 Å². The lowest BCUT2D eigenvalue weighted by molar-refractivity contribution is -0.130. The molecule has 0 saturated carbocycles. The number of halogens is 2. The summed E-state index contributed by atoms with van der Waals surface area (Å²) in [6.07, 6.45) is 0.590. The number of benzene rings is 2. The molecular formula is C17H14ClFN2O. The van der Waals surface area contributed by atoms with E-state index < -0.39 is 0 Å². The van der Waals surface area contributed by atoms with E-state index in [9.17, 15) is 9.18 Å². The van der Waals surface area contributed by atoms with E-state index in [2.05, 4.69) is 5.10 Å². The van der Waals surface area contributed by atoms with Crippen molar-refractivity contribution in [1.82, 2.24) is 5.01 Å². The maximum absolute atomic E-state index is 13.1. The van der Waals surface area contributed by atoms with Crippen LogP contribution in [0, 0.1) is 5.82 Å². The van der Waals surface area contributed by atoms with Crippen LogP contribution in [0.25, 0.3) is 0 Å². The third-order valence-electron chi connectivity index (χ3n) is 3.67. The number of amides is 1. The Morgan fingerprint density at radius 2 is 1.82 bits per heavy atom. The summed E-state index contributed by atoms with van der Waals surface area (Å²) in [7, 11) is 0. The lowest BCUT2D eigenvalue weighted by atomic mass is 9.98. The molecule has 0 unspecified atom stereocenters. The summed E-state index contributed by atoms with van der Waals surface area (Å²) in [5.74, 6) is -0.437. The second-order valence-corrected chi connectivity index (χ2v) is 5.63. The number of hydrazone groups is 1. The van der Waals surface area contributed by atoms with Crippen LogP contribution >= 0.6 is 11.6 Å². The third kappa shape index (κ3) is 2.88. The van der Waals surface area contributed by atoms with Crippen molar-refractivity contribution in [1.29, 1.82) is 0 Å². The van der Waals surface area contributed by atoms with E-state index in [1.54, 1.807) is 24.3 Å². The normalized spacial score (nSPS) is 17.5. The molecule has 5 heteroatoms. The quantitative estimate of drug-likeness (QED) is 0.818. The van der Waals surface area contributed by atoms with Crippen LogP contribution in [-0.2, 0) is 4.79 Å². The van der Waals surface area contributed by atoms with Gasteiger partial charge < -0.3 is 0 Å². The van der Waals surface area contributed by atoms with Gasteiger partial charge in [-0.25, -0.2) is 9.40 Å². The minimum Gasteiger partial charge on any atom is -0.273 e. The molecule has 2 aromatic rings. The highest BCUT2D eigenvalue weighted by Gasteiger charge is 2.31. The van der Waals surface area contributed by atoms with Gasteiger partial charge in [-0.2, -0.15) is 5.10 Å². The Morgan fingerprint density at radius 1 is 1.18 bits per heavy atom. The Kier molecular flexibility index (Phi) is 3.94. The van der Waals surface area contributed by atoms with Crippen LogP contribution in [0.4, 0.5) is 4.39 Å². The number of hydrogen-bond acceptors (Lipinski definition) is 2. The van der Waals surface area contributed by atoms with Crippen LogP contribution in [-0.4, -0.2) is 16.6 Å². The van der Waals surface area contributed by atoms with E-state index in [1.807, 2.05) is 12.1 Å². The first-order chi connectivity index (χ1) is 10.5. The molecule has 0 radical (unpaired) electrons. The molecule has 0 bridgehead atoms. The van der Waals surface area contributed by atoms with Crippen LogP contribution in [0.5, 0.6) is 0 Å². The Morgan fingerprint density at radius 3 is 2.41 bits per heavy atom. The lowest BCUT2D eigenvalue weighted by Gasteiger charge is -2.20. The molecule has 0 spiro atoms. The third-order valence-corrected chi connectivity index (χ3v) is 3.92. The fourth-order valence-corrected chi connectivity index (χ4v) is 2.69. The van der Waals surface area contributed by atoms with E-state index in [0.717, 1.165) is 16.8 Å². The Labute approximate surface area is 133 Å². The van der Waals surface area contributed by atoms with Crippen LogP contribution in [0.15, 0.2) is 53.6 Å². The van der Waals surface area contributed by atoms with Crippen LogP contribution in [0.3, 0.4) is 0 Å². The topological polar surface area (TPSA) is 32.7 Å². The molecule has 22 heavy (non-hydrogen) atoms. The average Bonchev–Trinajstić information content (AvgIpc) is 2.94. The predicted molar refractivity (Wildman–Crippen MR) is 84.3 cm³/mol. The molecule has 1 heterocycles. The maximum Gasteiger partial charge on any atom is 0.240 e. The fourth-order valence-electron chi connectivity index (χ4n) is 2.56. The molecule has 1 aliphatic heterocycles. The van der Waals surface area contributed by atoms with Gasteiger partial charge in [0.2, 0.25) is 5.91 Å². The van der Waals surface area contributed by atoms with Gasteiger partial charge in [-0.05, 0) is 35.4 Å². The zero-order chi connectivity index (χ0) is 15.7. The van der Waals surface area contributed by atoms with E-state index in [4.69, 9.17) is 11.6 Å². The van der Waals surface area contributed by atoms with Crippen molar-refractivity contribution in [2.24, 2.45) is 5.10 Å². The Bertz CT molecular complexity index is 725. The van der Waals surface area contributed by atoms with Gasteiger partial charge in [-0.1, -0.05) is 35.9 Å². The second-order valence-electron chi connectivity index (χ2n) is 5.19. The summed E-state index contributed by atoms with van der Waals surface area (Å²) in [5, 5.41) is 6.54. The van der Waals surface area contributed by atoms with Crippen molar-refractivity contribution in [2.75, 3.05) is 0 Å². The molecule has 0 aromatic heterocycles. The highest BCUT2D eigenvalue weighted by Crippen LogP contribution is 2.33. The molecular weight excluding hydrogens is 303 g/mol. The van der Waals surface area contributed by atoms with Crippen molar-refractivity contribution >= 4 is 23.2 Å². The molecule has 1 aliphatic rings. The summed E-state index contributed by atoms with van der Waals surface area (Å²) in [6.45, 7) is 1.48. The number of hydrogen-bond donors (Lipinski definition) is 0. The van der Waals surface area contributed by atoms with E-state index >= 15 is 0 Å². The van der Waals surface area contributed by atoms with Crippen molar-refractivity contribution in [3.8, 4) is 0 Å². The predicted octanol–water partition coefficient (Wildman–Crippen LogP) is 4.18. The average molecular weight is 317 g/mol. The first kappa shape index (κ1) is 14.7. The molecule has 2 aromatic carbocycles. The Balaban J connectivity index is 1.92. The molecule has 0 N–H and O–H groups in total. The molecule has 1 atom stereocenters. The summed E-state index contributed by atoms with van der Waals surface area (Å²) in [6, 6.07) is 13.3. The monoisotopic (exact) mass is 316 g/mol. The van der Waals surface area contributed by atoms with E-state index in [-0.39, 0.29) is 17.8 Å². The number of nitrogens with zero attached hydrogens (tertiary/aromatic N) is 2. The smallest absolute Gasteiger partial charge is 0.240 e. The number of carbonyl (C=O) groups is 1. The summed E-state index contributed by atoms with van der Waals surface area (Å²) in [4.78, 5) is 11.9. The van der Waals surface area contributed by atoms with Gasteiger partial charge in [-0.3, -0.25) is 4.79 Å². The molecule has 3 nitrogen and oxygen atoms in total. The lowest BCUT2D eigenvalue weighted by Crippen LogP contribution is -2.24. The fraction of sp³-hybridized carbons (Fsp3) is 0.176. The first-order valence-corrected chi connectivity index (χ1v) is 7.31. The van der Waals surface area contributed by atoms with Crippen molar-refractivity contribution < 1.29 is 9.18 Å². The van der Waals surface area contributed by atoms with E-state index in [0.29, 0.717) is 11.4 Å². The molecule has 1 amide bonds. The minimum atomic E-state index is -0.296. The van der Waals surface area contributed by atoms with Gasteiger partial charge in [0.15, 0.2) is 0 Å². The molecule has 0 aliphatic carbocycles. The van der Waals surface area contributed by atoms with Crippen molar-refractivity contribution in [2.45, 2.75) is 19.4 Å². The van der Waals surface area contributed by atoms with Crippen LogP contribution in [0.2, 0.25) is 5.02 Å². The van der Waals surface area contributed by atoms with Crippen molar-refractivity contribution in [3.63, 3.8) is 0 Å². The van der Waals surface area contributed by atoms with Gasteiger partial charge in [0.1, 0.15) is 5.82 Å². The van der Waals surface area contributed by atoms with Gasteiger partial charge in [0.25, 0.3) is 0 Å². The number of carbonyl (C=O) groups excluding carboxylic acids is 1. The van der Waals surface area contributed by atoms with Gasteiger partial charge in [-0.15, -0.1) is 0 Å².